The highest BCUT2D eigenvalue weighted by atomic mass is 16.5. The lowest BCUT2D eigenvalue weighted by Gasteiger charge is -2.41. The van der Waals surface area contributed by atoms with Crippen molar-refractivity contribution in [3.63, 3.8) is 0 Å². The molecule has 1 aromatic carbocycles. The van der Waals surface area contributed by atoms with Crippen LogP contribution >= 0.6 is 0 Å². The first-order valence-corrected chi connectivity index (χ1v) is 7.47. The van der Waals surface area contributed by atoms with Crippen molar-refractivity contribution in [2.75, 3.05) is 18.8 Å². The van der Waals surface area contributed by atoms with Crippen LogP contribution in [0.15, 0.2) is 30.3 Å². The molecule has 1 atom stereocenters. The summed E-state index contributed by atoms with van der Waals surface area (Å²) < 4.78 is 5.95. The lowest BCUT2D eigenvalue weighted by molar-refractivity contribution is -0.130. The van der Waals surface area contributed by atoms with Crippen molar-refractivity contribution in [1.82, 2.24) is 9.88 Å². The van der Waals surface area contributed by atoms with Gasteiger partial charge in [-0.2, -0.15) is 0 Å². The zero-order valence-corrected chi connectivity index (χ0v) is 13.0. The third kappa shape index (κ3) is 3.17. The Labute approximate surface area is 125 Å². The number of benzene rings is 1. The third-order valence-electron chi connectivity index (χ3n) is 3.83. The highest BCUT2D eigenvalue weighted by Crippen LogP contribution is 2.24. The molecule has 0 radical (unpaired) electrons. The van der Waals surface area contributed by atoms with E-state index in [0.29, 0.717) is 0 Å². The number of para-hydroxylation sites is 1. The second-order valence-electron chi connectivity index (χ2n) is 6.58. The van der Waals surface area contributed by atoms with E-state index in [1.165, 1.54) is 0 Å². The number of morpholine rings is 1. The molecule has 0 saturated carbocycles. The maximum atomic E-state index is 6.16. The molecular formula is C17H23N3O. The van der Waals surface area contributed by atoms with Gasteiger partial charge in [0, 0.05) is 30.7 Å². The molecular weight excluding hydrogens is 262 g/mol. The number of hydrogen-bond donors (Lipinski definition) is 1. The maximum absolute atomic E-state index is 6.16. The van der Waals surface area contributed by atoms with Crippen molar-refractivity contribution in [1.29, 1.82) is 0 Å². The molecule has 1 unspecified atom stereocenters. The van der Waals surface area contributed by atoms with Crippen molar-refractivity contribution >= 4 is 16.6 Å². The lowest BCUT2D eigenvalue weighted by Crippen LogP contribution is -2.51. The number of fused-ring (bicyclic) bond motifs is 1. The molecule has 1 aromatic heterocycles. The van der Waals surface area contributed by atoms with Gasteiger partial charge in [-0.3, -0.25) is 9.88 Å². The van der Waals surface area contributed by atoms with Crippen LogP contribution < -0.4 is 5.73 Å². The summed E-state index contributed by atoms with van der Waals surface area (Å²) in [5, 5.41) is 1.02. The van der Waals surface area contributed by atoms with Crippen LogP contribution in [-0.2, 0) is 11.3 Å². The molecule has 4 nitrogen and oxygen atoms in total. The minimum atomic E-state index is -0.111. The summed E-state index contributed by atoms with van der Waals surface area (Å²) in [5.41, 5.74) is 8.84. The zero-order chi connectivity index (χ0) is 15.0. The minimum Gasteiger partial charge on any atom is -0.398 e. The van der Waals surface area contributed by atoms with Crippen LogP contribution in [0.25, 0.3) is 10.9 Å². The van der Waals surface area contributed by atoms with E-state index in [9.17, 15) is 0 Å². The average molecular weight is 285 g/mol. The molecule has 2 aromatic rings. The van der Waals surface area contributed by atoms with Crippen molar-refractivity contribution in [3.05, 3.63) is 36.0 Å². The van der Waals surface area contributed by atoms with Crippen LogP contribution in [0.3, 0.4) is 0 Å². The fraction of sp³-hybridized carbons (Fsp3) is 0.471. The fourth-order valence-corrected chi connectivity index (χ4v) is 3.28. The predicted octanol–water partition coefficient (Wildman–Crippen LogP) is 2.82. The van der Waals surface area contributed by atoms with E-state index in [2.05, 4.69) is 25.7 Å². The van der Waals surface area contributed by atoms with Crippen LogP contribution in [0, 0.1) is 0 Å². The van der Waals surface area contributed by atoms with Gasteiger partial charge in [-0.25, -0.2) is 0 Å². The Balaban J connectivity index is 1.85. The number of rotatable bonds is 2. The normalized spacial score (nSPS) is 22.5. The fourth-order valence-electron chi connectivity index (χ4n) is 3.28. The number of nitrogen functional groups attached to an aromatic ring is 1. The molecule has 4 heteroatoms. The van der Waals surface area contributed by atoms with Crippen LogP contribution in [0.1, 0.15) is 26.5 Å². The molecule has 0 spiro atoms. The van der Waals surface area contributed by atoms with Crippen LogP contribution in [0.4, 0.5) is 5.69 Å². The Hall–Kier alpha value is -1.65. The first-order valence-electron chi connectivity index (χ1n) is 7.47. The molecule has 21 heavy (non-hydrogen) atoms. The molecule has 112 valence electrons. The van der Waals surface area contributed by atoms with Crippen molar-refractivity contribution in [2.45, 2.75) is 39.0 Å². The summed E-state index contributed by atoms with van der Waals surface area (Å²) in [6.07, 6.45) is 0.242. The third-order valence-corrected chi connectivity index (χ3v) is 3.83. The minimum absolute atomic E-state index is 0.111. The molecule has 2 heterocycles. The van der Waals surface area contributed by atoms with Gasteiger partial charge in [-0.1, -0.05) is 18.2 Å². The predicted molar refractivity (Wildman–Crippen MR) is 86.1 cm³/mol. The van der Waals surface area contributed by atoms with E-state index in [4.69, 9.17) is 15.5 Å². The van der Waals surface area contributed by atoms with Gasteiger partial charge in [0.15, 0.2) is 0 Å². The number of pyridine rings is 1. The summed E-state index contributed by atoms with van der Waals surface area (Å²) in [7, 11) is 0. The zero-order valence-electron chi connectivity index (χ0n) is 13.0. The summed E-state index contributed by atoms with van der Waals surface area (Å²) in [6, 6.07) is 10.0. The van der Waals surface area contributed by atoms with Gasteiger partial charge < -0.3 is 10.5 Å². The average Bonchev–Trinajstić information content (AvgIpc) is 2.36. The number of hydrogen-bond acceptors (Lipinski definition) is 4. The molecule has 1 saturated heterocycles. The van der Waals surface area contributed by atoms with E-state index in [-0.39, 0.29) is 11.7 Å². The number of nitrogens with two attached hydrogens (primary N) is 1. The highest BCUT2D eigenvalue weighted by Gasteiger charge is 2.31. The van der Waals surface area contributed by atoms with Crippen molar-refractivity contribution in [2.24, 2.45) is 0 Å². The molecule has 0 aliphatic carbocycles. The lowest BCUT2D eigenvalue weighted by atomic mass is 10.1. The monoisotopic (exact) mass is 285 g/mol. The van der Waals surface area contributed by atoms with E-state index >= 15 is 0 Å². The molecule has 1 aliphatic rings. The Bertz CT molecular complexity index is 654. The Morgan fingerprint density at radius 3 is 2.90 bits per heavy atom. The molecule has 0 amide bonds. The first kappa shape index (κ1) is 14.3. The van der Waals surface area contributed by atoms with E-state index in [1.807, 2.05) is 30.3 Å². The summed E-state index contributed by atoms with van der Waals surface area (Å²) in [4.78, 5) is 7.13. The topological polar surface area (TPSA) is 51.4 Å². The van der Waals surface area contributed by atoms with Crippen molar-refractivity contribution < 1.29 is 4.74 Å². The molecule has 0 bridgehead atoms. The van der Waals surface area contributed by atoms with Crippen LogP contribution in [0.5, 0.6) is 0 Å². The SMILES string of the molecule is CC1CN(Cc2cc(N)c3ccccc3n2)CC(C)(C)O1. The molecule has 2 N–H and O–H groups in total. The second-order valence-corrected chi connectivity index (χ2v) is 6.58. The number of ether oxygens (including phenoxy) is 1. The van der Waals surface area contributed by atoms with Gasteiger partial charge in [0.25, 0.3) is 0 Å². The Kier molecular flexibility index (Phi) is 3.59. The van der Waals surface area contributed by atoms with Gasteiger partial charge in [-0.05, 0) is 32.9 Å². The second kappa shape index (κ2) is 5.28. The highest BCUT2D eigenvalue weighted by molar-refractivity contribution is 5.90. The first-order chi connectivity index (χ1) is 9.93. The van der Waals surface area contributed by atoms with Gasteiger partial charge in [0.1, 0.15) is 0 Å². The van der Waals surface area contributed by atoms with E-state index < -0.39 is 0 Å². The largest absolute Gasteiger partial charge is 0.398 e. The number of anilines is 1. The smallest absolute Gasteiger partial charge is 0.0757 e. The molecule has 3 rings (SSSR count). The van der Waals surface area contributed by atoms with Gasteiger partial charge in [-0.15, -0.1) is 0 Å². The summed E-state index contributed by atoms with van der Waals surface area (Å²) >= 11 is 0. The van der Waals surface area contributed by atoms with Crippen molar-refractivity contribution in [3.8, 4) is 0 Å². The quantitative estimate of drug-likeness (QED) is 0.922. The standard InChI is InChI=1S/C17H23N3O/c1-12-9-20(11-17(2,3)21-12)10-13-8-15(18)14-6-4-5-7-16(14)19-13/h4-8,12H,9-11H2,1-3H3,(H2,18,19). The van der Waals surface area contributed by atoms with Gasteiger partial charge in [0.05, 0.1) is 22.9 Å². The number of aromatic nitrogens is 1. The summed E-state index contributed by atoms with van der Waals surface area (Å²) in [5.74, 6) is 0. The van der Waals surface area contributed by atoms with Gasteiger partial charge >= 0.3 is 0 Å². The maximum Gasteiger partial charge on any atom is 0.0757 e. The van der Waals surface area contributed by atoms with Gasteiger partial charge in [0.2, 0.25) is 0 Å². The summed E-state index contributed by atoms with van der Waals surface area (Å²) in [6.45, 7) is 9.04. The van der Waals surface area contributed by atoms with E-state index in [0.717, 1.165) is 41.9 Å². The molecule has 1 aliphatic heterocycles. The Morgan fingerprint density at radius 2 is 2.14 bits per heavy atom. The molecule has 1 fully saturated rings. The Morgan fingerprint density at radius 1 is 1.38 bits per heavy atom. The van der Waals surface area contributed by atoms with Crippen LogP contribution in [0.2, 0.25) is 0 Å². The van der Waals surface area contributed by atoms with Crippen LogP contribution in [-0.4, -0.2) is 34.7 Å². The van der Waals surface area contributed by atoms with E-state index in [1.54, 1.807) is 0 Å². The number of nitrogens with zero attached hydrogens (tertiary/aromatic N) is 2.